The van der Waals surface area contributed by atoms with Crippen LogP contribution in [0.5, 0.6) is 5.75 Å². The van der Waals surface area contributed by atoms with Crippen LogP contribution in [0.1, 0.15) is 10.4 Å². The lowest BCUT2D eigenvalue weighted by atomic mass is 10.1. The van der Waals surface area contributed by atoms with Crippen molar-refractivity contribution in [2.45, 2.75) is 6.61 Å². The van der Waals surface area contributed by atoms with Gasteiger partial charge in [0.2, 0.25) is 0 Å². The van der Waals surface area contributed by atoms with Gasteiger partial charge in [-0.1, -0.05) is 12.1 Å². The second kappa shape index (κ2) is 8.61. The highest BCUT2D eigenvalue weighted by atomic mass is 32.1. The van der Waals surface area contributed by atoms with Crippen molar-refractivity contribution in [2.24, 2.45) is 0 Å². The monoisotopic (exact) mass is 420 g/mol. The van der Waals surface area contributed by atoms with Gasteiger partial charge in [0, 0.05) is 29.6 Å². The Hall–Kier alpha value is -3.60. The van der Waals surface area contributed by atoms with E-state index in [0.717, 1.165) is 17.4 Å². The Bertz CT molecular complexity index is 1060. The van der Waals surface area contributed by atoms with Crippen molar-refractivity contribution in [3.8, 4) is 17.0 Å². The summed E-state index contributed by atoms with van der Waals surface area (Å²) in [7, 11) is 1.54. The van der Waals surface area contributed by atoms with Gasteiger partial charge in [0.05, 0.1) is 10.6 Å². The number of rotatable bonds is 7. The predicted octanol–water partition coefficient (Wildman–Crippen LogP) is 4.61. The number of nitro groups is 1. The Labute approximate surface area is 167 Å². The summed E-state index contributed by atoms with van der Waals surface area (Å²) in [5.74, 6) is -0.627. The summed E-state index contributed by atoms with van der Waals surface area (Å²) in [5, 5.41) is 18.2. The Kier molecular flexibility index (Phi) is 5.98. The molecular formula is C18H14F2N4O4S. The molecule has 0 atom stereocenters. The molecule has 8 nitrogen and oxygen atoms in total. The summed E-state index contributed by atoms with van der Waals surface area (Å²) >= 11 is 1.08. The molecule has 3 aromatic rings. The summed E-state index contributed by atoms with van der Waals surface area (Å²) in [6.07, 6.45) is 0. The molecule has 3 rings (SSSR count). The number of carbonyl (C=O) groups excluding carboxylic acids is 1. The van der Waals surface area contributed by atoms with Crippen molar-refractivity contribution in [1.29, 1.82) is 0 Å². The van der Waals surface area contributed by atoms with Gasteiger partial charge >= 0.3 is 6.61 Å². The first-order valence-electron chi connectivity index (χ1n) is 8.16. The van der Waals surface area contributed by atoms with Crippen LogP contribution in [-0.2, 0) is 0 Å². The summed E-state index contributed by atoms with van der Waals surface area (Å²) in [6.45, 7) is -2.98. The highest BCUT2D eigenvalue weighted by Gasteiger charge is 2.18. The maximum Gasteiger partial charge on any atom is 0.387 e. The molecule has 0 fully saturated rings. The van der Waals surface area contributed by atoms with E-state index in [1.165, 1.54) is 25.2 Å². The number of ether oxygens (including phenoxy) is 1. The van der Waals surface area contributed by atoms with Gasteiger partial charge < -0.3 is 10.1 Å². The Morgan fingerprint density at radius 3 is 2.72 bits per heavy atom. The molecule has 0 spiro atoms. The number of halogens is 2. The molecule has 2 aromatic carbocycles. The number of nitrogens with zero attached hydrogens (tertiary/aromatic N) is 2. The van der Waals surface area contributed by atoms with Crippen LogP contribution in [0.3, 0.4) is 0 Å². The third kappa shape index (κ3) is 4.63. The molecule has 0 bridgehead atoms. The van der Waals surface area contributed by atoms with E-state index in [1.54, 1.807) is 23.6 Å². The van der Waals surface area contributed by atoms with E-state index in [2.05, 4.69) is 20.4 Å². The smallest absolute Gasteiger partial charge is 0.387 e. The second-order valence-electron chi connectivity index (χ2n) is 5.61. The van der Waals surface area contributed by atoms with Gasteiger partial charge in [0.1, 0.15) is 11.4 Å². The molecule has 0 saturated carbocycles. The van der Waals surface area contributed by atoms with Crippen molar-refractivity contribution in [2.75, 3.05) is 17.7 Å². The van der Waals surface area contributed by atoms with Crippen molar-refractivity contribution >= 4 is 33.8 Å². The number of alkyl halides is 2. The van der Waals surface area contributed by atoms with E-state index in [9.17, 15) is 23.7 Å². The van der Waals surface area contributed by atoms with Gasteiger partial charge in [0.25, 0.3) is 11.6 Å². The minimum Gasteiger partial charge on any atom is -0.434 e. The number of thiazole rings is 1. The molecule has 11 heteroatoms. The maximum absolute atomic E-state index is 12.6. The van der Waals surface area contributed by atoms with Crippen LogP contribution in [0.2, 0.25) is 0 Å². The third-order valence-corrected chi connectivity index (χ3v) is 4.59. The maximum atomic E-state index is 12.6. The molecule has 150 valence electrons. The first-order chi connectivity index (χ1) is 13.9. The van der Waals surface area contributed by atoms with Crippen molar-refractivity contribution in [3.05, 3.63) is 63.5 Å². The number of nitro benzene ring substituents is 1. The number of hydrogen-bond donors (Lipinski definition) is 2. The quantitative estimate of drug-likeness (QED) is 0.427. The van der Waals surface area contributed by atoms with Crippen LogP contribution in [0.15, 0.2) is 47.8 Å². The SMILES string of the molecule is CNc1ccc(C(=O)Nc2nc(-c3ccccc3OC(F)F)cs2)cc1[N+](=O)[O-]. The number of hydrogen-bond acceptors (Lipinski definition) is 7. The molecule has 0 saturated heterocycles. The lowest BCUT2D eigenvalue weighted by Crippen LogP contribution is -2.12. The van der Waals surface area contributed by atoms with Gasteiger partial charge in [-0.3, -0.25) is 20.2 Å². The highest BCUT2D eigenvalue weighted by molar-refractivity contribution is 7.14. The normalized spacial score (nSPS) is 10.6. The minimum absolute atomic E-state index is 0.0380. The van der Waals surface area contributed by atoms with Crippen LogP contribution < -0.4 is 15.4 Å². The summed E-state index contributed by atoms with van der Waals surface area (Å²) in [6, 6.07) is 10.2. The molecule has 29 heavy (non-hydrogen) atoms. The predicted molar refractivity (Wildman–Crippen MR) is 105 cm³/mol. The number of aromatic nitrogens is 1. The molecule has 0 aliphatic rings. The molecule has 1 amide bonds. The molecule has 1 aromatic heterocycles. The van der Waals surface area contributed by atoms with Crippen LogP contribution in [0.4, 0.5) is 25.3 Å². The Balaban J connectivity index is 1.82. The fraction of sp³-hybridized carbons (Fsp3) is 0.111. The van der Waals surface area contributed by atoms with Gasteiger partial charge in [-0.2, -0.15) is 8.78 Å². The van der Waals surface area contributed by atoms with E-state index in [-0.39, 0.29) is 27.8 Å². The van der Waals surface area contributed by atoms with E-state index >= 15 is 0 Å². The van der Waals surface area contributed by atoms with E-state index in [1.807, 2.05) is 0 Å². The average Bonchev–Trinajstić information content (AvgIpc) is 3.15. The Morgan fingerprint density at radius 2 is 2.03 bits per heavy atom. The number of nitrogens with one attached hydrogen (secondary N) is 2. The van der Waals surface area contributed by atoms with E-state index < -0.39 is 17.4 Å². The molecule has 0 aliphatic heterocycles. The number of para-hydroxylation sites is 1. The van der Waals surface area contributed by atoms with Crippen LogP contribution in [0.25, 0.3) is 11.3 Å². The molecule has 0 aliphatic carbocycles. The fourth-order valence-corrected chi connectivity index (χ4v) is 3.24. The molecule has 1 heterocycles. The first-order valence-corrected chi connectivity index (χ1v) is 9.04. The van der Waals surface area contributed by atoms with Gasteiger partial charge in [0.15, 0.2) is 5.13 Å². The van der Waals surface area contributed by atoms with Crippen LogP contribution in [0, 0.1) is 10.1 Å². The summed E-state index contributed by atoms with van der Waals surface area (Å²) in [4.78, 5) is 27.2. The van der Waals surface area contributed by atoms with Crippen molar-refractivity contribution in [3.63, 3.8) is 0 Å². The van der Waals surface area contributed by atoms with Gasteiger partial charge in [-0.05, 0) is 24.3 Å². The lowest BCUT2D eigenvalue weighted by Gasteiger charge is -2.08. The molecule has 0 unspecified atom stereocenters. The zero-order valence-corrected chi connectivity index (χ0v) is 15.7. The lowest BCUT2D eigenvalue weighted by molar-refractivity contribution is -0.384. The number of benzene rings is 2. The zero-order valence-electron chi connectivity index (χ0n) is 14.9. The van der Waals surface area contributed by atoms with Crippen molar-refractivity contribution in [1.82, 2.24) is 4.98 Å². The topological polar surface area (TPSA) is 106 Å². The zero-order chi connectivity index (χ0) is 21.0. The van der Waals surface area contributed by atoms with Gasteiger partial charge in [-0.15, -0.1) is 11.3 Å². The highest BCUT2D eigenvalue weighted by Crippen LogP contribution is 2.33. The largest absolute Gasteiger partial charge is 0.434 e. The van der Waals surface area contributed by atoms with Crippen LogP contribution >= 0.6 is 11.3 Å². The molecule has 2 N–H and O–H groups in total. The number of carbonyl (C=O) groups is 1. The Morgan fingerprint density at radius 1 is 1.28 bits per heavy atom. The minimum atomic E-state index is -2.98. The number of anilines is 2. The molecular weight excluding hydrogens is 406 g/mol. The first kappa shape index (κ1) is 20.1. The van der Waals surface area contributed by atoms with Gasteiger partial charge in [-0.25, -0.2) is 4.98 Å². The molecule has 0 radical (unpaired) electrons. The number of amides is 1. The second-order valence-corrected chi connectivity index (χ2v) is 6.46. The fourth-order valence-electron chi connectivity index (χ4n) is 2.54. The van der Waals surface area contributed by atoms with E-state index in [0.29, 0.717) is 11.3 Å². The average molecular weight is 420 g/mol. The van der Waals surface area contributed by atoms with Crippen LogP contribution in [-0.4, -0.2) is 29.5 Å². The summed E-state index contributed by atoms with van der Waals surface area (Å²) in [5.41, 5.74) is 0.808. The van der Waals surface area contributed by atoms with E-state index in [4.69, 9.17) is 0 Å². The standard InChI is InChI=1S/C18H14F2N4O4S/c1-21-12-7-6-10(8-14(12)24(26)27)16(25)23-18-22-13(9-29-18)11-4-2-3-5-15(11)28-17(19)20/h2-9,17,21H,1H3,(H,22,23,25). The summed E-state index contributed by atoms with van der Waals surface area (Å²) < 4.78 is 29.6. The third-order valence-electron chi connectivity index (χ3n) is 3.83. The van der Waals surface area contributed by atoms with Crippen molar-refractivity contribution < 1.29 is 23.2 Å².